The molecule has 2 aromatic rings. The summed E-state index contributed by atoms with van der Waals surface area (Å²) in [4.78, 5) is 23.1. The molecule has 2 heterocycles. The summed E-state index contributed by atoms with van der Waals surface area (Å²) in [6, 6.07) is 6.06. The molecule has 0 aliphatic rings. The van der Waals surface area contributed by atoms with Crippen molar-refractivity contribution in [2.75, 3.05) is 0 Å². The summed E-state index contributed by atoms with van der Waals surface area (Å²) < 4.78 is 5.67. The zero-order valence-corrected chi connectivity index (χ0v) is 11.8. The molecular formula is C12H11ClN2O4S. The van der Waals surface area contributed by atoms with Gasteiger partial charge in [-0.25, -0.2) is 9.59 Å². The van der Waals surface area contributed by atoms with Crippen LogP contribution in [0.2, 0.25) is 4.34 Å². The van der Waals surface area contributed by atoms with Crippen LogP contribution >= 0.6 is 22.9 Å². The molecule has 0 saturated heterocycles. The maximum absolute atomic E-state index is 11.5. The number of nitrogens with one attached hydrogen (secondary N) is 2. The monoisotopic (exact) mass is 314 g/mol. The Morgan fingerprint density at radius 3 is 2.55 bits per heavy atom. The third kappa shape index (κ3) is 4.01. The molecule has 3 N–H and O–H groups in total. The number of hydrogen-bond donors (Lipinski definition) is 3. The summed E-state index contributed by atoms with van der Waals surface area (Å²) in [6.07, 6.45) is 0. The molecular weight excluding hydrogens is 304 g/mol. The number of rotatable bonds is 5. The third-order valence-corrected chi connectivity index (χ3v) is 3.58. The highest BCUT2D eigenvalue weighted by Crippen LogP contribution is 2.20. The van der Waals surface area contributed by atoms with Gasteiger partial charge >= 0.3 is 12.0 Å². The number of thiophene rings is 1. The number of carboxylic acid groups (broad SMARTS) is 1. The maximum atomic E-state index is 11.5. The molecule has 8 heteroatoms. The average Bonchev–Trinajstić information content (AvgIpc) is 3.03. The largest absolute Gasteiger partial charge is 0.475 e. The van der Waals surface area contributed by atoms with Crippen LogP contribution in [0.25, 0.3) is 0 Å². The summed E-state index contributed by atoms with van der Waals surface area (Å²) in [5.74, 6) is -0.928. The van der Waals surface area contributed by atoms with E-state index in [-0.39, 0.29) is 18.3 Å². The molecule has 0 aliphatic carbocycles. The number of aromatic carboxylic acids is 1. The van der Waals surface area contributed by atoms with Crippen molar-refractivity contribution in [2.24, 2.45) is 0 Å². The summed E-state index contributed by atoms with van der Waals surface area (Å²) >= 11 is 7.16. The predicted octanol–water partition coefficient (Wildman–Crippen LogP) is 2.69. The van der Waals surface area contributed by atoms with Gasteiger partial charge in [-0.1, -0.05) is 11.6 Å². The fourth-order valence-corrected chi connectivity index (χ4v) is 2.46. The van der Waals surface area contributed by atoms with Gasteiger partial charge in [0.2, 0.25) is 5.76 Å². The van der Waals surface area contributed by atoms with E-state index in [1.807, 2.05) is 6.07 Å². The molecule has 0 fully saturated rings. The van der Waals surface area contributed by atoms with Gasteiger partial charge in [0, 0.05) is 4.88 Å². The van der Waals surface area contributed by atoms with Gasteiger partial charge in [-0.15, -0.1) is 11.3 Å². The number of carbonyl (C=O) groups excluding carboxylic acids is 1. The van der Waals surface area contributed by atoms with Gasteiger partial charge < -0.3 is 20.2 Å². The Bertz CT molecular complexity index is 623. The highest BCUT2D eigenvalue weighted by Gasteiger charge is 2.09. The van der Waals surface area contributed by atoms with Crippen LogP contribution in [0.3, 0.4) is 0 Å². The number of amides is 2. The Hall–Kier alpha value is -1.99. The van der Waals surface area contributed by atoms with E-state index < -0.39 is 5.97 Å². The van der Waals surface area contributed by atoms with E-state index in [4.69, 9.17) is 21.1 Å². The van der Waals surface area contributed by atoms with Gasteiger partial charge in [0.15, 0.2) is 0 Å². The number of furan rings is 1. The minimum atomic E-state index is -1.14. The van der Waals surface area contributed by atoms with E-state index in [9.17, 15) is 9.59 Å². The van der Waals surface area contributed by atoms with Gasteiger partial charge in [0.1, 0.15) is 5.76 Å². The smallest absolute Gasteiger partial charge is 0.371 e. The number of urea groups is 1. The van der Waals surface area contributed by atoms with Crippen molar-refractivity contribution in [1.29, 1.82) is 0 Å². The average molecular weight is 315 g/mol. The van der Waals surface area contributed by atoms with Crippen LogP contribution in [0.15, 0.2) is 28.7 Å². The lowest BCUT2D eigenvalue weighted by atomic mass is 10.4. The SMILES string of the molecule is O=C(NCc1ccc(C(=O)O)o1)NCc1ccc(Cl)s1. The molecule has 0 radical (unpaired) electrons. The second kappa shape index (κ2) is 6.44. The molecule has 0 aliphatic heterocycles. The zero-order chi connectivity index (χ0) is 14.5. The van der Waals surface area contributed by atoms with Crippen molar-refractivity contribution in [1.82, 2.24) is 10.6 Å². The molecule has 0 aromatic carbocycles. The Morgan fingerprint density at radius 2 is 1.95 bits per heavy atom. The summed E-state index contributed by atoms with van der Waals surface area (Å²) in [7, 11) is 0. The Kier molecular flexibility index (Phi) is 4.65. The molecule has 6 nitrogen and oxygen atoms in total. The first-order valence-corrected chi connectivity index (χ1v) is 6.82. The molecule has 2 aromatic heterocycles. The summed E-state index contributed by atoms with van der Waals surface area (Å²) in [5.41, 5.74) is 0. The Labute approximate surface area is 123 Å². The second-order valence-corrected chi connectivity index (χ2v) is 5.61. The molecule has 0 unspecified atom stereocenters. The van der Waals surface area contributed by atoms with Gasteiger partial charge in [-0.3, -0.25) is 0 Å². The maximum Gasteiger partial charge on any atom is 0.371 e. The van der Waals surface area contributed by atoms with Crippen molar-refractivity contribution in [3.63, 3.8) is 0 Å². The van der Waals surface area contributed by atoms with E-state index in [2.05, 4.69) is 10.6 Å². The van der Waals surface area contributed by atoms with Crippen LogP contribution in [-0.4, -0.2) is 17.1 Å². The molecule has 0 bridgehead atoms. The van der Waals surface area contributed by atoms with Crippen LogP contribution in [0.5, 0.6) is 0 Å². The number of carboxylic acids is 1. The molecule has 0 spiro atoms. The molecule has 0 saturated carbocycles. The minimum absolute atomic E-state index is 0.115. The van der Waals surface area contributed by atoms with Crippen molar-refractivity contribution in [2.45, 2.75) is 13.1 Å². The fourth-order valence-electron chi connectivity index (χ4n) is 1.43. The van der Waals surface area contributed by atoms with Gasteiger partial charge in [-0.05, 0) is 24.3 Å². The molecule has 106 valence electrons. The highest BCUT2D eigenvalue weighted by molar-refractivity contribution is 7.16. The lowest BCUT2D eigenvalue weighted by Gasteiger charge is -2.04. The fraction of sp³-hybridized carbons (Fsp3) is 0.167. The normalized spacial score (nSPS) is 10.2. The van der Waals surface area contributed by atoms with E-state index in [1.54, 1.807) is 6.07 Å². The molecule has 2 amide bonds. The number of halogens is 1. The van der Waals surface area contributed by atoms with Crippen molar-refractivity contribution in [3.05, 3.63) is 45.0 Å². The van der Waals surface area contributed by atoms with E-state index >= 15 is 0 Å². The van der Waals surface area contributed by atoms with Crippen LogP contribution < -0.4 is 10.6 Å². The lowest BCUT2D eigenvalue weighted by molar-refractivity contribution is 0.0660. The lowest BCUT2D eigenvalue weighted by Crippen LogP contribution is -2.34. The standard InChI is InChI=1S/C12H11ClN2O4S/c13-10-4-2-8(20-10)6-15-12(18)14-5-7-1-3-9(19-7)11(16)17/h1-4H,5-6H2,(H,16,17)(H2,14,15,18). The van der Waals surface area contributed by atoms with E-state index in [0.717, 1.165) is 4.88 Å². The zero-order valence-electron chi connectivity index (χ0n) is 10.2. The molecule has 2 rings (SSSR count). The number of hydrogen-bond acceptors (Lipinski definition) is 4. The topological polar surface area (TPSA) is 91.6 Å². The van der Waals surface area contributed by atoms with Crippen LogP contribution in [0.4, 0.5) is 4.79 Å². The first-order chi connectivity index (χ1) is 9.54. The summed E-state index contributed by atoms with van der Waals surface area (Å²) in [5, 5.41) is 13.9. The van der Waals surface area contributed by atoms with Gasteiger partial charge in [0.05, 0.1) is 17.4 Å². The highest BCUT2D eigenvalue weighted by atomic mass is 35.5. The van der Waals surface area contributed by atoms with Crippen molar-refractivity contribution >= 4 is 34.9 Å². The van der Waals surface area contributed by atoms with Crippen molar-refractivity contribution in [3.8, 4) is 0 Å². The number of carbonyl (C=O) groups is 2. The first kappa shape index (κ1) is 14.4. The molecule has 20 heavy (non-hydrogen) atoms. The van der Waals surface area contributed by atoms with Crippen molar-refractivity contribution < 1.29 is 19.1 Å². The van der Waals surface area contributed by atoms with Gasteiger partial charge in [0.25, 0.3) is 0 Å². The van der Waals surface area contributed by atoms with Crippen LogP contribution in [-0.2, 0) is 13.1 Å². The summed E-state index contributed by atoms with van der Waals surface area (Å²) in [6.45, 7) is 0.492. The van der Waals surface area contributed by atoms with Crippen LogP contribution in [0, 0.1) is 0 Å². The quantitative estimate of drug-likeness (QED) is 0.791. The van der Waals surface area contributed by atoms with E-state index in [0.29, 0.717) is 16.6 Å². The second-order valence-electron chi connectivity index (χ2n) is 3.81. The Morgan fingerprint density at radius 1 is 1.20 bits per heavy atom. The third-order valence-electron chi connectivity index (χ3n) is 2.35. The first-order valence-electron chi connectivity index (χ1n) is 5.62. The van der Waals surface area contributed by atoms with E-state index in [1.165, 1.54) is 23.5 Å². The Balaban J connectivity index is 1.75. The predicted molar refractivity (Wildman–Crippen MR) is 74.1 cm³/mol. The minimum Gasteiger partial charge on any atom is -0.475 e. The molecule has 0 atom stereocenters. The van der Waals surface area contributed by atoms with Gasteiger partial charge in [-0.2, -0.15) is 0 Å². The van der Waals surface area contributed by atoms with Crippen LogP contribution in [0.1, 0.15) is 21.2 Å².